The number of aromatic amines is 1. The van der Waals surface area contributed by atoms with Crippen LogP contribution in [0, 0.1) is 0 Å². The number of nitrogens with zero attached hydrogens (tertiary/aromatic N) is 3. The number of amides is 2. The Labute approximate surface area is 201 Å². The molecule has 4 aromatic rings. The number of hydrogen-bond acceptors (Lipinski definition) is 6. The van der Waals surface area contributed by atoms with Crippen LogP contribution in [0.3, 0.4) is 0 Å². The Kier molecular flexibility index (Phi) is 6.58. The summed E-state index contributed by atoms with van der Waals surface area (Å²) in [6.07, 6.45) is 2.83. The molecular formula is C24H24ClN7O2. The number of H-pyrrole nitrogens is 1. The van der Waals surface area contributed by atoms with E-state index in [1.807, 2.05) is 26.0 Å². The third-order valence-electron chi connectivity index (χ3n) is 5.67. The van der Waals surface area contributed by atoms with E-state index in [0.29, 0.717) is 27.6 Å². The summed E-state index contributed by atoms with van der Waals surface area (Å²) < 4.78 is 0. The number of nitrogens with one attached hydrogen (secondary N) is 3. The molecule has 0 radical (unpaired) electrons. The highest BCUT2D eigenvalue weighted by Crippen LogP contribution is 2.25. The van der Waals surface area contributed by atoms with Gasteiger partial charge in [-0.15, -0.1) is 0 Å². The van der Waals surface area contributed by atoms with Gasteiger partial charge in [-0.05, 0) is 49.2 Å². The molecule has 174 valence electrons. The highest BCUT2D eigenvalue weighted by Gasteiger charge is 2.29. The predicted molar refractivity (Wildman–Crippen MR) is 130 cm³/mol. The lowest BCUT2D eigenvalue weighted by molar-refractivity contribution is -0.125. The monoisotopic (exact) mass is 477 g/mol. The Bertz CT molecular complexity index is 1320. The predicted octanol–water partition coefficient (Wildman–Crippen LogP) is 3.35. The van der Waals surface area contributed by atoms with Gasteiger partial charge in [0, 0.05) is 23.2 Å². The largest absolute Gasteiger partial charge is 0.353 e. The SMILES string of the molecule is CC(C)(C(=O)NCC(N)c1ccc(C(=O)Nc2ncnc3[nH]cnc23)cc1)c1ccc(Cl)cc1. The Morgan fingerprint density at radius 1 is 1.06 bits per heavy atom. The first-order valence-corrected chi connectivity index (χ1v) is 11.0. The van der Waals surface area contributed by atoms with E-state index < -0.39 is 11.5 Å². The van der Waals surface area contributed by atoms with Crippen LogP contribution in [-0.2, 0) is 10.2 Å². The fraction of sp³-hybridized carbons (Fsp3) is 0.208. The molecule has 9 nitrogen and oxygen atoms in total. The Morgan fingerprint density at radius 3 is 2.47 bits per heavy atom. The fourth-order valence-corrected chi connectivity index (χ4v) is 3.58. The third kappa shape index (κ3) is 4.90. The first kappa shape index (κ1) is 23.3. The Hall–Kier alpha value is -3.82. The number of nitrogens with two attached hydrogens (primary N) is 1. The molecular weight excluding hydrogens is 454 g/mol. The van der Waals surface area contributed by atoms with E-state index in [9.17, 15) is 9.59 Å². The molecule has 0 aliphatic carbocycles. The van der Waals surface area contributed by atoms with Gasteiger partial charge < -0.3 is 21.4 Å². The molecule has 0 aliphatic heterocycles. The van der Waals surface area contributed by atoms with Gasteiger partial charge >= 0.3 is 0 Å². The zero-order valence-electron chi connectivity index (χ0n) is 18.7. The second kappa shape index (κ2) is 9.58. The number of carbonyl (C=O) groups is 2. The van der Waals surface area contributed by atoms with E-state index in [4.69, 9.17) is 17.3 Å². The summed E-state index contributed by atoms with van der Waals surface area (Å²) >= 11 is 5.95. The van der Waals surface area contributed by atoms with Crippen molar-refractivity contribution in [1.82, 2.24) is 25.3 Å². The van der Waals surface area contributed by atoms with Gasteiger partial charge in [0.1, 0.15) is 6.33 Å². The molecule has 0 fully saturated rings. The number of anilines is 1. The molecule has 2 amide bonds. The highest BCUT2D eigenvalue weighted by molar-refractivity contribution is 6.30. The van der Waals surface area contributed by atoms with E-state index in [0.717, 1.165) is 11.1 Å². The van der Waals surface area contributed by atoms with E-state index in [-0.39, 0.29) is 18.4 Å². The van der Waals surface area contributed by atoms with Crippen molar-refractivity contribution < 1.29 is 9.59 Å². The van der Waals surface area contributed by atoms with Crippen molar-refractivity contribution in [1.29, 1.82) is 0 Å². The molecule has 0 bridgehead atoms. The summed E-state index contributed by atoms with van der Waals surface area (Å²) in [5, 5.41) is 6.28. The van der Waals surface area contributed by atoms with Crippen molar-refractivity contribution in [3.63, 3.8) is 0 Å². The average molecular weight is 478 g/mol. The molecule has 0 saturated heterocycles. The standard InChI is InChI=1S/C24H24ClN7O2/c1-24(2,16-7-9-17(25)10-8-16)23(34)27-11-18(26)14-3-5-15(6-4-14)22(33)32-21-19-20(29-12-28-19)30-13-31-21/h3-10,12-13,18H,11,26H2,1-2H3,(H,27,34)(H2,28,29,30,31,32,33). The first-order valence-electron chi connectivity index (χ1n) is 10.6. The molecule has 1 unspecified atom stereocenters. The van der Waals surface area contributed by atoms with Crippen LogP contribution in [0.4, 0.5) is 5.82 Å². The van der Waals surface area contributed by atoms with Gasteiger partial charge in [-0.25, -0.2) is 15.0 Å². The summed E-state index contributed by atoms with van der Waals surface area (Å²) in [6, 6.07) is 13.6. The van der Waals surface area contributed by atoms with Crippen molar-refractivity contribution in [2.75, 3.05) is 11.9 Å². The number of halogens is 1. The molecule has 2 aromatic heterocycles. The lowest BCUT2D eigenvalue weighted by atomic mass is 9.83. The number of aromatic nitrogens is 4. The number of carbonyl (C=O) groups excluding carboxylic acids is 2. The summed E-state index contributed by atoms with van der Waals surface area (Å²) in [6.45, 7) is 3.94. The number of fused-ring (bicyclic) bond motifs is 1. The third-order valence-corrected chi connectivity index (χ3v) is 5.92. The van der Waals surface area contributed by atoms with Crippen LogP contribution in [0.15, 0.2) is 61.2 Å². The first-order chi connectivity index (χ1) is 16.3. The Balaban J connectivity index is 1.36. The van der Waals surface area contributed by atoms with Gasteiger partial charge in [0.15, 0.2) is 17.0 Å². The number of benzene rings is 2. The smallest absolute Gasteiger partial charge is 0.256 e. The van der Waals surface area contributed by atoms with Gasteiger partial charge in [0.2, 0.25) is 5.91 Å². The van der Waals surface area contributed by atoms with Crippen molar-refractivity contribution in [3.8, 4) is 0 Å². The number of imidazole rings is 1. The van der Waals surface area contributed by atoms with E-state index in [1.54, 1.807) is 36.4 Å². The van der Waals surface area contributed by atoms with Crippen molar-refractivity contribution in [3.05, 3.63) is 82.9 Å². The van der Waals surface area contributed by atoms with Gasteiger partial charge in [0.25, 0.3) is 5.91 Å². The minimum Gasteiger partial charge on any atom is -0.353 e. The molecule has 34 heavy (non-hydrogen) atoms. The van der Waals surface area contributed by atoms with Crippen LogP contribution in [0.25, 0.3) is 11.2 Å². The minimum absolute atomic E-state index is 0.143. The lowest BCUT2D eigenvalue weighted by Gasteiger charge is -2.25. The van der Waals surface area contributed by atoms with E-state index in [2.05, 4.69) is 30.6 Å². The summed E-state index contributed by atoms with van der Waals surface area (Å²) in [7, 11) is 0. The summed E-state index contributed by atoms with van der Waals surface area (Å²) in [4.78, 5) is 40.6. The maximum Gasteiger partial charge on any atom is 0.256 e. The van der Waals surface area contributed by atoms with Crippen LogP contribution < -0.4 is 16.4 Å². The average Bonchev–Trinajstić information content (AvgIpc) is 3.32. The zero-order valence-corrected chi connectivity index (χ0v) is 19.4. The van der Waals surface area contributed by atoms with Gasteiger partial charge in [-0.1, -0.05) is 35.9 Å². The fourth-order valence-electron chi connectivity index (χ4n) is 3.46. The topological polar surface area (TPSA) is 139 Å². The molecule has 0 spiro atoms. The Morgan fingerprint density at radius 2 is 1.76 bits per heavy atom. The number of hydrogen-bond donors (Lipinski definition) is 4. The van der Waals surface area contributed by atoms with Crippen LogP contribution in [0.5, 0.6) is 0 Å². The lowest BCUT2D eigenvalue weighted by Crippen LogP contribution is -2.42. The van der Waals surface area contributed by atoms with Crippen molar-refractivity contribution in [2.45, 2.75) is 25.3 Å². The zero-order chi connectivity index (χ0) is 24.3. The summed E-state index contributed by atoms with van der Waals surface area (Å²) in [5.74, 6) is -0.153. The van der Waals surface area contributed by atoms with Gasteiger partial charge in [-0.2, -0.15) is 0 Å². The van der Waals surface area contributed by atoms with Gasteiger partial charge in [-0.3, -0.25) is 9.59 Å². The van der Waals surface area contributed by atoms with Crippen LogP contribution in [0.2, 0.25) is 5.02 Å². The second-order valence-corrected chi connectivity index (χ2v) is 8.78. The van der Waals surface area contributed by atoms with Crippen LogP contribution in [0.1, 0.15) is 41.4 Å². The minimum atomic E-state index is -0.743. The quantitative estimate of drug-likeness (QED) is 0.322. The normalized spacial score (nSPS) is 12.4. The second-order valence-electron chi connectivity index (χ2n) is 8.35. The van der Waals surface area contributed by atoms with Crippen molar-refractivity contribution >= 4 is 40.4 Å². The molecule has 5 N–H and O–H groups in total. The van der Waals surface area contributed by atoms with Crippen LogP contribution >= 0.6 is 11.6 Å². The maximum absolute atomic E-state index is 12.8. The highest BCUT2D eigenvalue weighted by atomic mass is 35.5. The van der Waals surface area contributed by atoms with Crippen molar-refractivity contribution in [2.24, 2.45) is 5.73 Å². The van der Waals surface area contributed by atoms with E-state index in [1.165, 1.54) is 12.7 Å². The number of rotatable bonds is 7. The van der Waals surface area contributed by atoms with E-state index >= 15 is 0 Å². The maximum atomic E-state index is 12.8. The molecule has 2 heterocycles. The molecule has 0 saturated carbocycles. The molecule has 4 rings (SSSR count). The summed E-state index contributed by atoms with van der Waals surface area (Å²) in [5.41, 5.74) is 8.64. The molecule has 1 atom stereocenters. The van der Waals surface area contributed by atoms with Gasteiger partial charge in [0.05, 0.1) is 11.7 Å². The van der Waals surface area contributed by atoms with Crippen LogP contribution in [-0.4, -0.2) is 38.3 Å². The molecule has 10 heteroatoms. The molecule has 2 aromatic carbocycles. The molecule has 0 aliphatic rings.